The minimum atomic E-state index is -3.00. The van der Waals surface area contributed by atoms with Gasteiger partial charge in [0.1, 0.15) is 5.69 Å². The summed E-state index contributed by atoms with van der Waals surface area (Å²) in [6.07, 6.45) is -3.00. The van der Waals surface area contributed by atoms with Crippen LogP contribution in [-0.4, -0.2) is 10.9 Å². The monoisotopic (exact) mass is 268 g/mol. The number of rotatable bonds is 2. The first-order chi connectivity index (χ1) is 6.43. The number of carbonyl (C=O) groups excluding carboxylic acids is 1. The zero-order valence-corrected chi connectivity index (χ0v) is 8.19. The molecule has 1 amide bonds. The number of nitrogens with zero attached hydrogens (tertiary/aromatic N) is 1. The molecule has 1 aromatic heterocycles. The van der Waals surface area contributed by atoms with Crippen molar-refractivity contribution in [3.05, 3.63) is 27.7 Å². The number of halogens is 4. The van der Waals surface area contributed by atoms with Gasteiger partial charge in [0.2, 0.25) is 5.95 Å². The number of hydrogen-bond acceptors (Lipinski definition) is 2. The van der Waals surface area contributed by atoms with Crippen molar-refractivity contribution < 1.29 is 18.0 Å². The van der Waals surface area contributed by atoms with E-state index in [0.29, 0.717) is 0 Å². The Kier molecular flexibility index (Phi) is 3.10. The summed E-state index contributed by atoms with van der Waals surface area (Å²) in [4.78, 5) is 13.6. The van der Waals surface area contributed by atoms with Crippen molar-refractivity contribution in [3.8, 4) is 0 Å². The molecule has 7 heteroatoms. The molecule has 2 N–H and O–H groups in total. The summed E-state index contributed by atoms with van der Waals surface area (Å²) < 4.78 is 37.1. The standard InChI is InChI=1S/C7H4BrF3N2O/c8-2-1-3(7(12)14)13-6(11)4(2)5(9)10/h1,5H,(H2,12,14). The van der Waals surface area contributed by atoms with Crippen LogP contribution in [0.5, 0.6) is 0 Å². The molecule has 0 aromatic carbocycles. The van der Waals surface area contributed by atoms with E-state index in [4.69, 9.17) is 5.73 Å². The van der Waals surface area contributed by atoms with Crippen LogP contribution in [-0.2, 0) is 0 Å². The summed E-state index contributed by atoms with van der Waals surface area (Å²) in [6.45, 7) is 0. The number of hydrogen-bond donors (Lipinski definition) is 1. The van der Waals surface area contributed by atoms with Gasteiger partial charge in [0, 0.05) is 4.47 Å². The maximum absolute atomic E-state index is 12.9. The largest absolute Gasteiger partial charge is 0.364 e. The van der Waals surface area contributed by atoms with Crippen molar-refractivity contribution in [2.75, 3.05) is 0 Å². The summed E-state index contributed by atoms with van der Waals surface area (Å²) in [5, 5.41) is 0. The van der Waals surface area contributed by atoms with Gasteiger partial charge in [0.25, 0.3) is 12.3 Å². The Hall–Kier alpha value is -1.11. The van der Waals surface area contributed by atoms with E-state index in [-0.39, 0.29) is 4.47 Å². The third-order valence-corrected chi connectivity index (χ3v) is 2.09. The molecule has 0 unspecified atom stereocenters. The lowest BCUT2D eigenvalue weighted by Gasteiger charge is -2.05. The van der Waals surface area contributed by atoms with Crippen LogP contribution < -0.4 is 5.73 Å². The first kappa shape index (κ1) is 11.0. The highest BCUT2D eigenvalue weighted by Gasteiger charge is 2.20. The van der Waals surface area contributed by atoms with E-state index in [1.807, 2.05) is 0 Å². The smallest absolute Gasteiger partial charge is 0.269 e. The lowest BCUT2D eigenvalue weighted by atomic mass is 10.2. The molecule has 1 aromatic rings. The van der Waals surface area contributed by atoms with Crippen LogP contribution in [0.2, 0.25) is 0 Å². The molecule has 1 rings (SSSR count). The van der Waals surface area contributed by atoms with Crippen LogP contribution >= 0.6 is 15.9 Å². The van der Waals surface area contributed by atoms with E-state index in [1.165, 1.54) is 0 Å². The molecule has 0 aliphatic rings. The van der Waals surface area contributed by atoms with Crippen LogP contribution in [0.25, 0.3) is 0 Å². The summed E-state index contributed by atoms with van der Waals surface area (Å²) in [5.41, 5.74) is 3.52. The lowest BCUT2D eigenvalue weighted by molar-refractivity contribution is 0.0992. The van der Waals surface area contributed by atoms with E-state index < -0.39 is 29.5 Å². The van der Waals surface area contributed by atoms with E-state index in [9.17, 15) is 18.0 Å². The number of aromatic nitrogens is 1. The summed E-state index contributed by atoms with van der Waals surface area (Å²) >= 11 is 2.70. The van der Waals surface area contributed by atoms with Crippen LogP contribution in [0, 0.1) is 5.95 Å². The molecular weight excluding hydrogens is 265 g/mol. The van der Waals surface area contributed by atoms with Crippen LogP contribution in [0.1, 0.15) is 22.5 Å². The second-order valence-corrected chi connectivity index (χ2v) is 3.21. The van der Waals surface area contributed by atoms with Crippen molar-refractivity contribution in [2.45, 2.75) is 6.43 Å². The molecule has 0 spiro atoms. The fourth-order valence-corrected chi connectivity index (χ4v) is 1.37. The van der Waals surface area contributed by atoms with Crippen LogP contribution in [0.4, 0.5) is 13.2 Å². The Morgan fingerprint density at radius 3 is 2.50 bits per heavy atom. The van der Waals surface area contributed by atoms with E-state index in [0.717, 1.165) is 6.07 Å². The summed E-state index contributed by atoms with van der Waals surface area (Å²) in [6, 6.07) is 0.951. The van der Waals surface area contributed by atoms with Crippen molar-refractivity contribution in [2.24, 2.45) is 5.73 Å². The molecule has 0 saturated carbocycles. The molecule has 76 valence electrons. The predicted molar refractivity (Wildman–Crippen MR) is 45.4 cm³/mol. The Labute approximate surface area is 85.2 Å². The number of nitrogens with two attached hydrogens (primary N) is 1. The van der Waals surface area contributed by atoms with Gasteiger partial charge in [-0.1, -0.05) is 15.9 Å². The van der Waals surface area contributed by atoms with Crippen molar-refractivity contribution in [3.63, 3.8) is 0 Å². The SMILES string of the molecule is NC(=O)c1cc(Br)c(C(F)F)c(F)n1. The second kappa shape index (κ2) is 3.95. The van der Waals surface area contributed by atoms with Gasteiger partial charge in [-0.25, -0.2) is 13.8 Å². The zero-order valence-electron chi connectivity index (χ0n) is 6.60. The normalized spacial score (nSPS) is 10.6. The Morgan fingerprint density at radius 2 is 2.14 bits per heavy atom. The fraction of sp³-hybridized carbons (Fsp3) is 0.143. The van der Waals surface area contributed by atoms with E-state index in [2.05, 4.69) is 20.9 Å². The highest BCUT2D eigenvalue weighted by atomic mass is 79.9. The van der Waals surface area contributed by atoms with Crippen LogP contribution in [0.15, 0.2) is 10.5 Å². The third kappa shape index (κ3) is 2.03. The molecule has 0 radical (unpaired) electrons. The van der Waals surface area contributed by atoms with Crippen LogP contribution in [0.3, 0.4) is 0 Å². The molecule has 0 aliphatic carbocycles. The van der Waals surface area contributed by atoms with Gasteiger partial charge < -0.3 is 5.73 Å². The van der Waals surface area contributed by atoms with Gasteiger partial charge in [-0.05, 0) is 6.07 Å². The Balaban J connectivity index is 3.32. The highest BCUT2D eigenvalue weighted by Crippen LogP contribution is 2.29. The summed E-state index contributed by atoms with van der Waals surface area (Å²) in [7, 11) is 0. The van der Waals surface area contributed by atoms with Gasteiger partial charge in [-0.15, -0.1) is 0 Å². The number of alkyl halides is 2. The molecule has 1 heterocycles. The first-order valence-electron chi connectivity index (χ1n) is 3.37. The molecule has 0 atom stereocenters. The molecule has 0 saturated heterocycles. The molecule has 3 nitrogen and oxygen atoms in total. The van der Waals surface area contributed by atoms with Gasteiger partial charge >= 0.3 is 0 Å². The fourth-order valence-electron chi connectivity index (χ4n) is 0.815. The van der Waals surface area contributed by atoms with E-state index >= 15 is 0 Å². The maximum atomic E-state index is 12.9. The molecular formula is C7H4BrF3N2O. The first-order valence-corrected chi connectivity index (χ1v) is 4.16. The molecule has 0 fully saturated rings. The Bertz CT molecular complexity index is 360. The Morgan fingerprint density at radius 1 is 1.57 bits per heavy atom. The summed E-state index contributed by atoms with van der Waals surface area (Å²) in [5.74, 6) is -2.38. The number of amides is 1. The third-order valence-electron chi connectivity index (χ3n) is 1.43. The maximum Gasteiger partial charge on any atom is 0.269 e. The molecule has 14 heavy (non-hydrogen) atoms. The van der Waals surface area contributed by atoms with Gasteiger partial charge in [0.15, 0.2) is 0 Å². The topological polar surface area (TPSA) is 56.0 Å². The average molecular weight is 269 g/mol. The zero-order chi connectivity index (χ0) is 10.9. The van der Waals surface area contributed by atoms with E-state index in [1.54, 1.807) is 0 Å². The van der Waals surface area contributed by atoms with Crippen molar-refractivity contribution in [1.82, 2.24) is 4.98 Å². The van der Waals surface area contributed by atoms with Crippen molar-refractivity contribution in [1.29, 1.82) is 0 Å². The molecule has 0 bridgehead atoms. The van der Waals surface area contributed by atoms with Crippen molar-refractivity contribution >= 4 is 21.8 Å². The van der Waals surface area contributed by atoms with Gasteiger partial charge in [-0.2, -0.15) is 4.39 Å². The molecule has 0 aliphatic heterocycles. The number of pyridine rings is 1. The lowest BCUT2D eigenvalue weighted by Crippen LogP contribution is -2.15. The quantitative estimate of drug-likeness (QED) is 0.835. The second-order valence-electron chi connectivity index (χ2n) is 2.36. The average Bonchev–Trinajstić information content (AvgIpc) is 2.01. The predicted octanol–water partition coefficient (Wildman–Crippen LogP) is 2.02. The highest BCUT2D eigenvalue weighted by molar-refractivity contribution is 9.10. The van der Waals surface area contributed by atoms with Gasteiger partial charge in [-0.3, -0.25) is 4.79 Å². The minimum absolute atomic E-state index is 0.228. The van der Waals surface area contributed by atoms with Gasteiger partial charge in [0.05, 0.1) is 5.56 Å². The number of carbonyl (C=O) groups is 1. The minimum Gasteiger partial charge on any atom is -0.364 e. The number of primary amides is 1.